The summed E-state index contributed by atoms with van der Waals surface area (Å²) in [4.78, 5) is 4.67. The van der Waals surface area contributed by atoms with Crippen LogP contribution in [0.15, 0.2) is 18.2 Å². The van der Waals surface area contributed by atoms with Gasteiger partial charge >= 0.3 is 0 Å². The maximum atomic E-state index is 6.25. The molecule has 1 atom stereocenters. The van der Waals surface area contributed by atoms with Crippen LogP contribution in [0.2, 0.25) is 5.02 Å². The second kappa shape index (κ2) is 6.33. The van der Waals surface area contributed by atoms with Gasteiger partial charge in [-0.25, -0.2) is 4.98 Å². The van der Waals surface area contributed by atoms with Gasteiger partial charge in [0.15, 0.2) is 0 Å². The smallest absolute Gasteiger partial charge is 0.111 e. The molecular formula is C15H18Cl2N2O. The van der Waals surface area contributed by atoms with E-state index in [0.717, 1.165) is 49.5 Å². The van der Waals surface area contributed by atoms with E-state index >= 15 is 0 Å². The van der Waals surface area contributed by atoms with E-state index in [4.69, 9.17) is 27.9 Å². The number of imidazole rings is 1. The SMILES string of the molecule is ClCCc1nc2c(Cl)cccc2n1CC1CCCOC1. The van der Waals surface area contributed by atoms with Gasteiger partial charge in [-0.1, -0.05) is 17.7 Å². The van der Waals surface area contributed by atoms with Crippen LogP contribution in [-0.2, 0) is 17.7 Å². The van der Waals surface area contributed by atoms with E-state index in [2.05, 4.69) is 15.6 Å². The summed E-state index contributed by atoms with van der Waals surface area (Å²) >= 11 is 12.2. The standard InChI is InChI=1S/C15H18Cl2N2O/c16-7-6-14-18-15-12(17)4-1-5-13(15)19(14)9-11-3-2-8-20-10-11/h1,4-5,11H,2-3,6-10H2. The summed E-state index contributed by atoms with van der Waals surface area (Å²) < 4.78 is 7.85. The number of aromatic nitrogens is 2. The number of rotatable bonds is 4. The highest BCUT2D eigenvalue weighted by molar-refractivity contribution is 6.34. The summed E-state index contributed by atoms with van der Waals surface area (Å²) in [5, 5.41) is 0.706. The van der Waals surface area contributed by atoms with Crippen molar-refractivity contribution in [3.05, 3.63) is 29.0 Å². The first-order valence-corrected chi connectivity index (χ1v) is 7.98. The molecule has 3 rings (SSSR count). The highest BCUT2D eigenvalue weighted by atomic mass is 35.5. The van der Waals surface area contributed by atoms with Crippen LogP contribution in [0.1, 0.15) is 18.7 Å². The van der Waals surface area contributed by atoms with Gasteiger partial charge in [0.2, 0.25) is 0 Å². The molecule has 1 aliphatic rings. The topological polar surface area (TPSA) is 27.1 Å². The third kappa shape index (κ3) is 2.80. The third-order valence-electron chi connectivity index (χ3n) is 3.82. The van der Waals surface area contributed by atoms with Crippen LogP contribution >= 0.6 is 23.2 Å². The Balaban J connectivity index is 1.97. The van der Waals surface area contributed by atoms with E-state index in [1.807, 2.05) is 12.1 Å². The zero-order chi connectivity index (χ0) is 13.9. The second-order valence-corrected chi connectivity index (χ2v) is 6.05. The van der Waals surface area contributed by atoms with Crippen molar-refractivity contribution in [1.82, 2.24) is 9.55 Å². The lowest BCUT2D eigenvalue weighted by Gasteiger charge is -2.23. The van der Waals surface area contributed by atoms with Gasteiger partial charge < -0.3 is 9.30 Å². The first kappa shape index (κ1) is 14.2. The number of aryl methyl sites for hydroxylation is 1. The highest BCUT2D eigenvalue weighted by Gasteiger charge is 2.19. The summed E-state index contributed by atoms with van der Waals surface area (Å²) in [6.07, 6.45) is 3.11. The van der Waals surface area contributed by atoms with Crippen LogP contribution in [0.4, 0.5) is 0 Å². The Bertz CT molecular complexity index is 591. The van der Waals surface area contributed by atoms with Crippen molar-refractivity contribution in [2.24, 2.45) is 5.92 Å². The lowest BCUT2D eigenvalue weighted by atomic mass is 10.0. The zero-order valence-electron chi connectivity index (χ0n) is 11.3. The lowest BCUT2D eigenvalue weighted by Crippen LogP contribution is -2.23. The van der Waals surface area contributed by atoms with Gasteiger partial charge in [-0.05, 0) is 25.0 Å². The van der Waals surface area contributed by atoms with Gasteiger partial charge in [0.25, 0.3) is 0 Å². The molecule has 1 fully saturated rings. The fourth-order valence-electron chi connectivity index (χ4n) is 2.85. The van der Waals surface area contributed by atoms with Gasteiger partial charge in [0.1, 0.15) is 11.3 Å². The third-order valence-corrected chi connectivity index (χ3v) is 4.32. The number of nitrogens with zero attached hydrogens (tertiary/aromatic N) is 2. The summed E-state index contributed by atoms with van der Waals surface area (Å²) in [5.74, 6) is 2.14. The molecule has 0 aliphatic carbocycles. The number of ether oxygens (including phenoxy) is 1. The van der Waals surface area contributed by atoms with Crippen molar-refractivity contribution >= 4 is 34.2 Å². The summed E-state index contributed by atoms with van der Waals surface area (Å²) in [6, 6.07) is 5.94. The Labute approximate surface area is 128 Å². The van der Waals surface area contributed by atoms with Crippen molar-refractivity contribution in [3.63, 3.8) is 0 Å². The average molecular weight is 313 g/mol. The van der Waals surface area contributed by atoms with E-state index in [1.54, 1.807) is 0 Å². The molecule has 1 aliphatic heterocycles. The monoisotopic (exact) mass is 312 g/mol. The maximum absolute atomic E-state index is 6.25. The van der Waals surface area contributed by atoms with Crippen molar-refractivity contribution in [3.8, 4) is 0 Å². The highest BCUT2D eigenvalue weighted by Crippen LogP contribution is 2.26. The van der Waals surface area contributed by atoms with Gasteiger partial charge in [-0.15, -0.1) is 11.6 Å². The second-order valence-electron chi connectivity index (χ2n) is 5.27. The number of alkyl halides is 1. The molecule has 5 heteroatoms. The molecule has 0 radical (unpaired) electrons. The van der Waals surface area contributed by atoms with Crippen LogP contribution < -0.4 is 0 Å². The van der Waals surface area contributed by atoms with E-state index in [1.165, 1.54) is 6.42 Å². The van der Waals surface area contributed by atoms with E-state index in [-0.39, 0.29) is 0 Å². The minimum atomic E-state index is 0.550. The van der Waals surface area contributed by atoms with Crippen molar-refractivity contribution < 1.29 is 4.74 Å². The number of halogens is 2. The molecule has 108 valence electrons. The molecule has 2 aromatic rings. The Hall–Kier alpha value is -0.770. The van der Waals surface area contributed by atoms with E-state index < -0.39 is 0 Å². The molecule has 0 saturated carbocycles. The Morgan fingerprint density at radius 1 is 1.40 bits per heavy atom. The van der Waals surface area contributed by atoms with Gasteiger partial charge in [0.05, 0.1) is 17.1 Å². The molecule has 20 heavy (non-hydrogen) atoms. The molecule has 0 spiro atoms. The fraction of sp³-hybridized carbons (Fsp3) is 0.533. The number of fused-ring (bicyclic) bond motifs is 1. The van der Waals surface area contributed by atoms with Crippen molar-refractivity contribution in [1.29, 1.82) is 0 Å². The van der Waals surface area contributed by atoms with Crippen LogP contribution in [0.3, 0.4) is 0 Å². The number of benzene rings is 1. The predicted octanol–water partition coefficient (Wildman–Crippen LogP) is 3.90. The maximum Gasteiger partial charge on any atom is 0.111 e. The Morgan fingerprint density at radius 2 is 2.30 bits per heavy atom. The van der Waals surface area contributed by atoms with Crippen LogP contribution in [0.5, 0.6) is 0 Å². The van der Waals surface area contributed by atoms with Gasteiger partial charge in [-0.2, -0.15) is 0 Å². The average Bonchev–Trinajstić information content (AvgIpc) is 2.81. The number of hydrogen-bond donors (Lipinski definition) is 0. The van der Waals surface area contributed by atoms with Crippen LogP contribution in [0.25, 0.3) is 11.0 Å². The van der Waals surface area contributed by atoms with E-state index in [0.29, 0.717) is 16.8 Å². The van der Waals surface area contributed by atoms with E-state index in [9.17, 15) is 0 Å². The molecule has 1 saturated heterocycles. The first-order valence-electron chi connectivity index (χ1n) is 7.07. The molecule has 0 N–H and O–H groups in total. The predicted molar refractivity (Wildman–Crippen MR) is 82.7 cm³/mol. The largest absolute Gasteiger partial charge is 0.381 e. The molecule has 2 heterocycles. The number of para-hydroxylation sites is 1. The minimum absolute atomic E-state index is 0.550. The molecule has 0 bridgehead atoms. The molecule has 3 nitrogen and oxygen atoms in total. The molecule has 1 unspecified atom stereocenters. The summed E-state index contributed by atoms with van der Waals surface area (Å²) in [6.45, 7) is 2.66. The lowest BCUT2D eigenvalue weighted by molar-refractivity contribution is 0.0485. The summed E-state index contributed by atoms with van der Waals surface area (Å²) in [7, 11) is 0. The molecular weight excluding hydrogens is 295 g/mol. The van der Waals surface area contributed by atoms with Crippen LogP contribution in [-0.4, -0.2) is 28.6 Å². The zero-order valence-corrected chi connectivity index (χ0v) is 12.8. The van der Waals surface area contributed by atoms with Crippen molar-refractivity contribution in [2.75, 3.05) is 19.1 Å². The summed E-state index contributed by atoms with van der Waals surface area (Å²) in [5.41, 5.74) is 1.98. The normalized spacial score (nSPS) is 19.6. The minimum Gasteiger partial charge on any atom is -0.381 e. The first-order chi connectivity index (χ1) is 9.79. The van der Waals surface area contributed by atoms with Gasteiger partial charge in [0, 0.05) is 31.4 Å². The quantitative estimate of drug-likeness (QED) is 0.801. The fourth-order valence-corrected chi connectivity index (χ4v) is 3.23. The van der Waals surface area contributed by atoms with Crippen LogP contribution in [0, 0.1) is 5.92 Å². The van der Waals surface area contributed by atoms with Crippen molar-refractivity contribution in [2.45, 2.75) is 25.8 Å². The Kier molecular flexibility index (Phi) is 4.49. The number of hydrogen-bond acceptors (Lipinski definition) is 2. The molecule has 1 aromatic carbocycles. The van der Waals surface area contributed by atoms with Gasteiger partial charge in [-0.3, -0.25) is 0 Å². The Morgan fingerprint density at radius 3 is 3.05 bits per heavy atom. The molecule has 0 amide bonds. The molecule has 1 aromatic heterocycles.